The second-order valence-electron chi connectivity index (χ2n) is 8.80. The molecule has 0 aliphatic carbocycles. The van der Waals surface area contributed by atoms with Crippen LogP contribution in [-0.4, -0.2) is 63.0 Å². The maximum Gasteiger partial charge on any atom is 0.193 e. The largest absolute Gasteiger partial charge is 0.376 e. The third kappa shape index (κ3) is 6.41. The zero-order valence-electron chi connectivity index (χ0n) is 18.1. The molecule has 0 bridgehead atoms. The van der Waals surface area contributed by atoms with Crippen LogP contribution in [0.3, 0.4) is 0 Å². The normalized spacial score (nSPS) is 22.0. The molecule has 0 amide bonds. The minimum absolute atomic E-state index is 0.194. The summed E-state index contributed by atoms with van der Waals surface area (Å²) in [6, 6.07) is 6.85. The minimum Gasteiger partial charge on any atom is -0.376 e. The molecule has 6 heteroatoms. The van der Waals surface area contributed by atoms with E-state index >= 15 is 0 Å². The van der Waals surface area contributed by atoms with E-state index in [4.69, 9.17) is 9.47 Å². The molecule has 2 fully saturated rings. The number of likely N-dealkylation sites (tertiary alicyclic amines) is 1. The quantitative estimate of drug-likeness (QED) is 0.579. The molecule has 2 aliphatic heterocycles. The summed E-state index contributed by atoms with van der Waals surface area (Å²) in [5.74, 6) is 0.712. The molecule has 1 atom stereocenters. The number of hydrogen-bond acceptors (Lipinski definition) is 3. The van der Waals surface area contributed by atoms with Crippen molar-refractivity contribution in [2.24, 2.45) is 4.99 Å². The van der Waals surface area contributed by atoms with Crippen molar-refractivity contribution in [3.8, 4) is 0 Å². The van der Waals surface area contributed by atoms with Gasteiger partial charge in [0.05, 0.1) is 18.8 Å². The summed E-state index contributed by atoms with van der Waals surface area (Å²) in [5.41, 5.74) is 0.789. The Balaban J connectivity index is 1.44. The lowest BCUT2D eigenvalue weighted by molar-refractivity contribution is -0.0721. The van der Waals surface area contributed by atoms with E-state index in [9.17, 15) is 4.39 Å². The van der Waals surface area contributed by atoms with E-state index in [1.165, 1.54) is 18.9 Å². The van der Waals surface area contributed by atoms with Gasteiger partial charge in [-0.15, -0.1) is 0 Å². The Labute approximate surface area is 174 Å². The first-order valence-corrected chi connectivity index (χ1v) is 10.9. The molecule has 1 aromatic carbocycles. The van der Waals surface area contributed by atoms with Gasteiger partial charge in [0.25, 0.3) is 0 Å². The van der Waals surface area contributed by atoms with Crippen molar-refractivity contribution in [2.75, 3.05) is 39.9 Å². The van der Waals surface area contributed by atoms with Crippen LogP contribution in [0.2, 0.25) is 0 Å². The third-order valence-electron chi connectivity index (χ3n) is 6.04. The number of piperidine rings is 1. The first kappa shape index (κ1) is 22.0. The predicted molar refractivity (Wildman–Crippen MR) is 115 cm³/mol. The summed E-state index contributed by atoms with van der Waals surface area (Å²) < 4.78 is 25.5. The van der Waals surface area contributed by atoms with Gasteiger partial charge in [0.1, 0.15) is 5.82 Å². The smallest absolute Gasteiger partial charge is 0.193 e. The van der Waals surface area contributed by atoms with E-state index in [1.54, 1.807) is 12.1 Å². The van der Waals surface area contributed by atoms with E-state index in [0.29, 0.717) is 12.6 Å². The fourth-order valence-electron chi connectivity index (χ4n) is 4.06. The molecule has 2 heterocycles. The van der Waals surface area contributed by atoms with Gasteiger partial charge in [0.15, 0.2) is 5.96 Å². The van der Waals surface area contributed by atoms with Gasteiger partial charge in [-0.1, -0.05) is 26.0 Å². The zero-order chi connectivity index (χ0) is 20.7. The number of halogens is 1. The summed E-state index contributed by atoms with van der Waals surface area (Å²) in [6.07, 6.45) is 6.13. The third-order valence-corrected chi connectivity index (χ3v) is 6.04. The van der Waals surface area contributed by atoms with Crippen molar-refractivity contribution < 1.29 is 13.9 Å². The molecular weight excluding hydrogens is 369 g/mol. The Morgan fingerprint density at radius 1 is 1.28 bits per heavy atom. The highest BCUT2D eigenvalue weighted by Gasteiger charge is 2.26. The molecule has 2 saturated heterocycles. The molecule has 0 radical (unpaired) electrons. The highest BCUT2D eigenvalue weighted by Crippen LogP contribution is 2.23. The lowest BCUT2D eigenvalue weighted by atomic mass is 9.84. The van der Waals surface area contributed by atoms with Gasteiger partial charge in [-0.25, -0.2) is 4.39 Å². The van der Waals surface area contributed by atoms with E-state index in [2.05, 4.69) is 29.1 Å². The molecule has 1 N–H and O–H groups in total. The van der Waals surface area contributed by atoms with Crippen LogP contribution in [0.15, 0.2) is 29.3 Å². The number of guanidine groups is 1. The van der Waals surface area contributed by atoms with E-state index < -0.39 is 0 Å². The van der Waals surface area contributed by atoms with Crippen LogP contribution in [0.4, 0.5) is 4.39 Å². The predicted octanol–water partition coefficient (Wildman–Crippen LogP) is 3.73. The highest BCUT2D eigenvalue weighted by atomic mass is 19.1. The zero-order valence-corrected chi connectivity index (χ0v) is 18.1. The number of benzene rings is 1. The fraction of sp³-hybridized carbons (Fsp3) is 0.696. The number of hydrogen-bond donors (Lipinski definition) is 1. The van der Waals surface area contributed by atoms with Crippen LogP contribution >= 0.6 is 0 Å². The Hall–Kier alpha value is -1.66. The standard InChI is InChI=1S/C23H36FN3O2/c1-23(2,18-7-6-8-19(24)15-18)17-26-22(25-3)27-12-10-20(11-13-27)29-16-21-9-4-5-14-28-21/h6-8,15,20-21H,4-5,9-14,16-17H2,1-3H3,(H,25,26). The van der Waals surface area contributed by atoms with Crippen molar-refractivity contribution >= 4 is 5.96 Å². The molecule has 29 heavy (non-hydrogen) atoms. The van der Waals surface area contributed by atoms with Gasteiger partial charge >= 0.3 is 0 Å². The summed E-state index contributed by atoms with van der Waals surface area (Å²) in [4.78, 5) is 6.76. The highest BCUT2D eigenvalue weighted by molar-refractivity contribution is 5.80. The molecule has 3 rings (SSSR count). The van der Waals surface area contributed by atoms with Crippen molar-refractivity contribution in [1.29, 1.82) is 0 Å². The SMILES string of the molecule is CN=C(NCC(C)(C)c1cccc(F)c1)N1CCC(OCC2CCCCO2)CC1. The molecule has 1 aromatic rings. The molecular formula is C23H36FN3O2. The summed E-state index contributed by atoms with van der Waals surface area (Å²) in [5, 5.41) is 3.49. The van der Waals surface area contributed by atoms with Crippen molar-refractivity contribution in [3.63, 3.8) is 0 Å². The summed E-state index contributed by atoms with van der Waals surface area (Å²) in [7, 11) is 1.82. The van der Waals surface area contributed by atoms with Gasteiger partial charge in [0.2, 0.25) is 0 Å². The maximum atomic E-state index is 13.6. The second-order valence-corrected chi connectivity index (χ2v) is 8.80. The molecule has 0 spiro atoms. The van der Waals surface area contributed by atoms with Gasteiger partial charge in [0, 0.05) is 38.7 Å². The average Bonchev–Trinajstić information content (AvgIpc) is 2.74. The molecule has 0 saturated carbocycles. The summed E-state index contributed by atoms with van der Waals surface area (Å²) in [6.45, 7) is 8.38. The van der Waals surface area contributed by atoms with E-state index in [-0.39, 0.29) is 17.3 Å². The average molecular weight is 406 g/mol. The first-order valence-electron chi connectivity index (χ1n) is 10.9. The van der Waals surface area contributed by atoms with Crippen LogP contribution < -0.4 is 5.32 Å². The molecule has 5 nitrogen and oxygen atoms in total. The van der Waals surface area contributed by atoms with Gasteiger partial charge in [-0.05, 0) is 49.8 Å². The number of aliphatic imine (C=N–C) groups is 1. The van der Waals surface area contributed by atoms with Gasteiger partial charge in [-0.3, -0.25) is 4.99 Å². The molecule has 2 aliphatic rings. The van der Waals surface area contributed by atoms with Crippen molar-refractivity contribution in [3.05, 3.63) is 35.6 Å². The first-order chi connectivity index (χ1) is 14.0. The molecule has 162 valence electrons. The van der Waals surface area contributed by atoms with Crippen molar-refractivity contribution in [1.82, 2.24) is 10.2 Å². The monoisotopic (exact) mass is 405 g/mol. The van der Waals surface area contributed by atoms with Gasteiger partial charge in [-0.2, -0.15) is 0 Å². The van der Waals surface area contributed by atoms with E-state index in [1.807, 2.05) is 13.1 Å². The second kappa shape index (κ2) is 10.4. The Morgan fingerprint density at radius 2 is 2.07 bits per heavy atom. The molecule has 1 unspecified atom stereocenters. The Morgan fingerprint density at radius 3 is 2.72 bits per heavy atom. The minimum atomic E-state index is -0.195. The Kier molecular flexibility index (Phi) is 7.90. The van der Waals surface area contributed by atoms with Crippen LogP contribution in [0.25, 0.3) is 0 Å². The van der Waals surface area contributed by atoms with E-state index in [0.717, 1.165) is 57.1 Å². The van der Waals surface area contributed by atoms with Crippen LogP contribution in [-0.2, 0) is 14.9 Å². The van der Waals surface area contributed by atoms with Gasteiger partial charge < -0.3 is 19.7 Å². The van der Waals surface area contributed by atoms with Crippen LogP contribution in [0.1, 0.15) is 51.5 Å². The maximum absolute atomic E-state index is 13.6. The van der Waals surface area contributed by atoms with Crippen LogP contribution in [0.5, 0.6) is 0 Å². The number of rotatable bonds is 6. The number of ether oxygens (including phenoxy) is 2. The summed E-state index contributed by atoms with van der Waals surface area (Å²) >= 11 is 0. The number of nitrogens with zero attached hydrogens (tertiary/aromatic N) is 2. The van der Waals surface area contributed by atoms with Crippen molar-refractivity contribution in [2.45, 2.75) is 63.6 Å². The Bertz CT molecular complexity index is 666. The lowest BCUT2D eigenvalue weighted by Crippen LogP contribution is -2.49. The topological polar surface area (TPSA) is 46.1 Å². The fourth-order valence-corrected chi connectivity index (χ4v) is 4.06. The lowest BCUT2D eigenvalue weighted by Gasteiger charge is -2.36. The number of nitrogens with one attached hydrogen (secondary N) is 1. The van der Waals surface area contributed by atoms with Crippen LogP contribution in [0, 0.1) is 5.82 Å². The molecule has 0 aromatic heterocycles.